The van der Waals surface area contributed by atoms with E-state index in [1.165, 1.54) is 17.3 Å². The molecule has 1 amide bonds. The Morgan fingerprint density at radius 2 is 1.85 bits per heavy atom. The van der Waals surface area contributed by atoms with Gasteiger partial charge in [-0.15, -0.1) is 5.10 Å². The number of amides is 1. The molecule has 1 aromatic heterocycles. The molecule has 0 saturated carbocycles. The van der Waals surface area contributed by atoms with E-state index in [-0.39, 0.29) is 11.2 Å². The molecular formula is C20H22N4OS. The van der Waals surface area contributed by atoms with Crippen LogP contribution in [0.1, 0.15) is 25.0 Å². The second kappa shape index (κ2) is 8.19. The molecule has 2 aromatic carbocycles. The molecule has 1 atom stereocenters. The van der Waals surface area contributed by atoms with Gasteiger partial charge in [-0.05, 0) is 38.0 Å². The van der Waals surface area contributed by atoms with E-state index in [0.717, 1.165) is 23.2 Å². The first-order valence-corrected chi connectivity index (χ1v) is 9.49. The van der Waals surface area contributed by atoms with Gasteiger partial charge in [-0.1, -0.05) is 60.6 Å². The number of rotatable bonds is 6. The fourth-order valence-electron chi connectivity index (χ4n) is 2.42. The Hall–Kier alpha value is -2.60. The number of hydrogen-bond donors (Lipinski definition) is 2. The molecule has 3 rings (SSSR count). The molecule has 0 bridgehead atoms. The molecule has 0 unspecified atom stereocenters. The monoisotopic (exact) mass is 366 g/mol. The Balaban J connectivity index is 1.62. The second-order valence-electron chi connectivity index (χ2n) is 6.13. The van der Waals surface area contributed by atoms with Crippen molar-refractivity contribution in [2.45, 2.75) is 37.6 Å². The number of aryl methyl sites for hydroxylation is 2. The zero-order valence-corrected chi connectivity index (χ0v) is 15.9. The van der Waals surface area contributed by atoms with Gasteiger partial charge < -0.3 is 5.32 Å². The van der Waals surface area contributed by atoms with Gasteiger partial charge in [0.1, 0.15) is 0 Å². The maximum atomic E-state index is 12.4. The molecule has 2 N–H and O–H groups in total. The minimum absolute atomic E-state index is 0.0718. The molecule has 0 spiro atoms. The largest absolute Gasteiger partial charge is 0.325 e. The number of thioether (sulfide) groups is 1. The van der Waals surface area contributed by atoms with Crippen molar-refractivity contribution in [3.63, 3.8) is 0 Å². The molecule has 6 heteroatoms. The number of aromatic nitrogens is 3. The van der Waals surface area contributed by atoms with Gasteiger partial charge in [0.25, 0.3) is 0 Å². The molecule has 3 aromatic rings. The number of nitrogens with one attached hydrogen (secondary N) is 2. The lowest BCUT2D eigenvalue weighted by Gasteiger charge is -2.10. The second-order valence-corrected chi connectivity index (χ2v) is 7.44. The Labute approximate surface area is 157 Å². The first-order chi connectivity index (χ1) is 12.5. The van der Waals surface area contributed by atoms with Crippen LogP contribution in [0.4, 0.5) is 5.69 Å². The van der Waals surface area contributed by atoms with Gasteiger partial charge in [0, 0.05) is 11.3 Å². The van der Waals surface area contributed by atoms with Crippen molar-refractivity contribution in [1.82, 2.24) is 15.2 Å². The van der Waals surface area contributed by atoms with Gasteiger partial charge in [-0.2, -0.15) is 0 Å². The summed E-state index contributed by atoms with van der Waals surface area (Å²) in [5.41, 5.74) is 4.22. The van der Waals surface area contributed by atoms with E-state index in [4.69, 9.17) is 0 Å². The van der Waals surface area contributed by atoms with Crippen molar-refractivity contribution in [1.29, 1.82) is 0 Å². The van der Waals surface area contributed by atoms with Crippen LogP contribution in [-0.4, -0.2) is 26.3 Å². The van der Waals surface area contributed by atoms with E-state index >= 15 is 0 Å². The zero-order chi connectivity index (χ0) is 18.5. The third-order valence-corrected chi connectivity index (χ3v) is 5.03. The summed E-state index contributed by atoms with van der Waals surface area (Å²) in [5, 5.41) is 10.3. The van der Waals surface area contributed by atoms with Crippen LogP contribution in [0.5, 0.6) is 0 Å². The highest BCUT2D eigenvalue weighted by Gasteiger charge is 2.17. The van der Waals surface area contributed by atoms with Gasteiger partial charge in [0.15, 0.2) is 5.82 Å². The van der Waals surface area contributed by atoms with E-state index in [9.17, 15) is 4.79 Å². The van der Waals surface area contributed by atoms with Gasteiger partial charge in [-0.25, -0.2) is 4.98 Å². The highest BCUT2D eigenvalue weighted by Crippen LogP contribution is 2.24. The van der Waals surface area contributed by atoms with Crippen molar-refractivity contribution in [3.05, 3.63) is 59.7 Å². The summed E-state index contributed by atoms with van der Waals surface area (Å²) in [6.45, 7) is 5.99. The van der Waals surface area contributed by atoms with Crippen LogP contribution >= 0.6 is 11.8 Å². The van der Waals surface area contributed by atoms with Crippen molar-refractivity contribution in [2.24, 2.45) is 0 Å². The van der Waals surface area contributed by atoms with Gasteiger partial charge >= 0.3 is 0 Å². The van der Waals surface area contributed by atoms with E-state index in [2.05, 4.69) is 39.6 Å². The molecule has 134 valence electrons. The van der Waals surface area contributed by atoms with Crippen LogP contribution in [0.2, 0.25) is 0 Å². The molecule has 0 aliphatic rings. The van der Waals surface area contributed by atoms with E-state index in [1.54, 1.807) is 0 Å². The van der Waals surface area contributed by atoms with Crippen LogP contribution < -0.4 is 5.32 Å². The van der Waals surface area contributed by atoms with Crippen LogP contribution in [0.3, 0.4) is 0 Å². The van der Waals surface area contributed by atoms with Crippen molar-refractivity contribution < 1.29 is 4.79 Å². The number of aromatic amines is 1. The maximum absolute atomic E-state index is 12.4. The van der Waals surface area contributed by atoms with Crippen LogP contribution in [0, 0.1) is 6.92 Å². The summed E-state index contributed by atoms with van der Waals surface area (Å²) >= 11 is 1.33. The molecule has 0 aliphatic carbocycles. The van der Waals surface area contributed by atoms with Crippen LogP contribution in [0.25, 0.3) is 11.4 Å². The predicted octanol–water partition coefficient (Wildman–Crippen LogP) is 4.46. The number of anilines is 1. The van der Waals surface area contributed by atoms with Gasteiger partial charge in [0.05, 0.1) is 5.25 Å². The Bertz CT molecular complexity index is 872. The van der Waals surface area contributed by atoms with E-state index in [1.807, 2.05) is 50.2 Å². The number of benzene rings is 2. The summed E-state index contributed by atoms with van der Waals surface area (Å²) in [5.74, 6) is 0.638. The predicted molar refractivity (Wildman–Crippen MR) is 106 cm³/mol. The minimum Gasteiger partial charge on any atom is -0.325 e. The van der Waals surface area contributed by atoms with Gasteiger partial charge in [-0.3, -0.25) is 9.89 Å². The third kappa shape index (κ3) is 4.52. The molecule has 0 fully saturated rings. The lowest BCUT2D eigenvalue weighted by atomic mass is 10.1. The molecule has 0 aliphatic heterocycles. The third-order valence-electron chi connectivity index (χ3n) is 4.07. The summed E-state index contributed by atoms with van der Waals surface area (Å²) in [6.07, 6.45) is 1.01. The Morgan fingerprint density at radius 1 is 1.15 bits per heavy atom. The first kappa shape index (κ1) is 18.2. The molecule has 0 radical (unpaired) electrons. The quantitative estimate of drug-likeness (QED) is 0.632. The maximum Gasteiger partial charge on any atom is 0.237 e. The highest BCUT2D eigenvalue weighted by atomic mass is 32.2. The molecule has 0 saturated heterocycles. The summed E-state index contributed by atoms with van der Waals surface area (Å²) in [4.78, 5) is 16.8. The number of nitrogens with zero attached hydrogens (tertiary/aromatic N) is 2. The minimum atomic E-state index is -0.303. The smallest absolute Gasteiger partial charge is 0.237 e. The average molecular weight is 366 g/mol. The SMILES string of the molecule is CCc1ccc(-c2nc(S[C@@H](C)C(=O)Nc3ccc(C)cc3)n[nH]2)cc1. The fraction of sp³-hybridized carbons (Fsp3) is 0.250. The molecule has 1 heterocycles. The highest BCUT2D eigenvalue weighted by molar-refractivity contribution is 8.00. The standard InChI is InChI=1S/C20H22N4OS/c1-4-15-7-9-16(10-8-15)18-22-20(24-23-18)26-14(3)19(25)21-17-11-5-13(2)6-12-17/h5-12,14H,4H2,1-3H3,(H,21,25)(H,22,23,24)/t14-/m0/s1. The van der Waals surface area contributed by atoms with Crippen LogP contribution in [-0.2, 0) is 11.2 Å². The number of carbonyl (C=O) groups excluding carboxylic acids is 1. The van der Waals surface area contributed by atoms with Crippen LogP contribution in [0.15, 0.2) is 53.7 Å². The summed E-state index contributed by atoms with van der Waals surface area (Å²) in [7, 11) is 0. The normalized spacial score (nSPS) is 12.0. The Kier molecular flexibility index (Phi) is 5.73. The first-order valence-electron chi connectivity index (χ1n) is 8.61. The molecular weight excluding hydrogens is 344 g/mol. The fourth-order valence-corrected chi connectivity index (χ4v) is 3.14. The van der Waals surface area contributed by atoms with Crippen molar-refractivity contribution >= 4 is 23.4 Å². The average Bonchev–Trinajstić information content (AvgIpc) is 3.12. The molecule has 26 heavy (non-hydrogen) atoms. The summed E-state index contributed by atoms with van der Waals surface area (Å²) < 4.78 is 0. The number of hydrogen-bond acceptors (Lipinski definition) is 4. The van der Waals surface area contributed by atoms with E-state index in [0.29, 0.717) is 11.0 Å². The number of H-pyrrole nitrogens is 1. The Morgan fingerprint density at radius 3 is 2.50 bits per heavy atom. The van der Waals surface area contributed by atoms with Gasteiger partial charge in [0.2, 0.25) is 11.1 Å². The lowest BCUT2D eigenvalue weighted by molar-refractivity contribution is -0.115. The van der Waals surface area contributed by atoms with E-state index < -0.39 is 0 Å². The van der Waals surface area contributed by atoms with Crippen molar-refractivity contribution in [3.8, 4) is 11.4 Å². The van der Waals surface area contributed by atoms with Crippen molar-refractivity contribution in [2.75, 3.05) is 5.32 Å². The number of carbonyl (C=O) groups is 1. The zero-order valence-electron chi connectivity index (χ0n) is 15.1. The lowest BCUT2D eigenvalue weighted by Crippen LogP contribution is -2.22. The topological polar surface area (TPSA) is 70.7 Å². The molecule has 5 nitrogen and oxygen atoms in total. The summed E-state index contributed by atoms with van der Waals surface area (Å²) in [6, 6.07) is 16.0.